The quantitative estimate of drug-likeness (QED) is 0.699. The first-order chi connectivity index (χ1) is 8.35. The van der Waals surface area contributed by atoms with Gasteiger partial charge in [-0.3, -0.25) is 4.79 Å². The van der Waals surface area contributed by atoms with Crippen molar-refractivity contribution >= 4 is 5.97 Å². The van der Waals surface area contributed by atoms with E-state index >= 15 is 0 Å². The van der Waals surface area contributed by atoms with E-state index in [1.807, 2.05) is 13.8 Å². The molecule has 0 saturated heterocycles. The first kappa shape index (κ1) is 12.8. The lowest BCUT2D eigenvalue weighted by atomic mass is 9.95. The highest BCUT2D eigenvalue weighted by molar-refractivity contribution is 5.89. The second kappa shape index (κ2) is 4.24. The zero-order chi connectivity index (χ0) is 13.5. The molecule has 0 radical (unpaired) electrons. The maximum atomic E-state index is 12.1. The van der Waals surface area contributed by atoms with Gasteiger partial charge in [-0.15, -0.1) is 0 Å². The van der Waals surface area contributed by atoms with Crippen LogP contribution in [0.3, 0.4) is 0 Å². The molecule has 0 saturated carbocycles. The largest absolute Gasteiger partial charge is 0.465 e. The van der Waals surface area contributed by atoms with Crippen molar-refractivity contribution in [2.75, 3.05) is 7.11 Å². The summed E-state index contributed by atoms with van der Waals surface area (Å²) in [6.07, 6.45) is 0.648. The molecule has 0 fully saturated rings. The van der Waals surface area contributed by atoms with E-state index in [-0.39, 0.29) is 16.7 Å². The van der Waals surface area contributed by atoms with Crippen LogP contribution in [0, 0.1) is 0 Å². The number of rotatable bonds is 1. The van der Waals surface area contributed by atoms with E-state index in [1.165, 1.54) is 11.7 Å². The number of pyridine rings is 1. The van der Waals surface area contributed by atoms with Crippen molar-refractivity contribution in [3.63, 3.8) is 0 Å². The summed E-state index contributed by atoms with van der Waals surface area (Å²) in [5.41, 5.74) is 1.24. The van der Waals surface area contributed by atoms with E-state index in [2.05, 4.69) is 4.74 Å². The third kappa shape index (κ3) is 2.06. The molecule has 0 bridgehead atoms. The van der Waals surface area contributed by atoms with Gasteiger partial charge in [0.25, 0.3) is 5.56 Å². The van der Waals surface area contributed by atoms with Crippen molar-refractivity contribution in [1.82, 2.24) is 4.57 Å². The van der Waals surface area contributed by atoms with Gasteiger partial charge >= 0.3 is 5.97 Å². The zero-order valence-corrected chi connectivity index (χ0v) is 11.1. The number of ether oxygens (including phenoxy) is 2. The third-order valence-corrected chi connectivity index (χ3v) is 3.25. The van der Waals surface area contributed by atoms with E-state index in [0.717, 1.165) is 11.3 Å². The standard InChI is InChI=1S/C13H17NO4/c1-13(2)6-10-8(7-18-13)5-9(12(16)17-4)11(15)14(10)3/h5H,6-7H2,1-4H3. The maximum Gasteiger partial charge on any atom is 0.343 e. The summed E-state index contributed by atoms with van der Waals surface area (Å²) >= 11 is 0. The van der Waals surface area contributed by atoms with Crippen molar-refractivity contribution < 1.29 is 14.3 Å². The van der Waals surface area contributed by atoms with Gasteiger partial charge in [-0.2, -0.15) is 0 Å². The Balaban J connectivity index is 2.59. The Hall–Kier alpha value is -1.62. The molecule has 2 rings (SSSR count). The molecule has 1 aliphatic rings. The summed E-state index contributed by atoms with van der Waals surface area (Å²) in [4.78, 5) is 23.6. The zero-order valence-electron chi connectivity index (χ0n) is 11.1. The molecule has 5 heteroatoms. The first-order valence-corrected chi connectivity index (χ1v) is 5.80. The van der Waals surface area contributed by atoms with Gasteiger partial charge in [0.15, 0.2) is 0 Å². The number of hydrogen-bond donors (Lipinski definition) is 0. The van der Waals surface area contributed by atoms with Gasteiger partial charge in [0.1, 0.15) is 5.56 Å². The Morgan fingerprint density at radius 2 is 2.17 bits per heavy atom. The van der Waals surface area contributed by atoms with Crippen LogP contribution in [0.25, 0.3) is 0 Å². The minimum absolute atomic E-state index is 0.0575. The van der Waals surface area contributed by atoms with Crippen LogP contribution in [0.5, 0.6) is 0 Å². The molecule has 0 amide bonds. The molecule has 0 aliphatic carbocycles. The fraction of sp³-hybridized carbons (Fsp3) is 0.538. The molecular weight excluding hydrogens is 234 g/mol. The van der Waals surface area contributed by atoms with Gasteiger partial charge in [0.05, 0.1) is 19.3 Å². The van der Waals surface area contributed by atoms with Crippen molar-refractivity contribution in [2.24, 2.45) is 7.05 Å². The second-order valence-electron chi connectivity index (χ2n) is 5.11. The molecule has 0 aromatic carbocycles. The molecular formula is C13H17NO4. The number of nitrogens with zero attached hydrogens (tertiary/aromatic N) is 1. The molecule has 18 heavy (non-hydrogen) atoms. The van der Waals surface area contributed by atoms with Crippen LogP contribution in [0.15, 0.2) is 10.9 Å². The number of carbonyl (C=O) groups is 1. The Labute approximate surface area is 105 Å². The molecule has 2 heterocycles. The molecule has 0 spiro atoms. The van der Waals surface area contributed by atoms with Crippen LogP contribution in [-0.2, 0) is 29.5 Å². The molecule has 5 nitrogen and oxygen atoms in total. The molecule has 0 N–H and O–H groups in total. The Morgan fingerprint density at radius 1 is 1.50 bits per heavy atom. The van der Waals surface area contributed by atoms with Crippen molar-refractivity contribution in [1.29, 1.82) is 0 Å². The van der Waals surface area contributed by atoms with Crippen molar-refractivity contribution in [2.45, 2.75) is 32.5 Å². The summed E-state index contributed by atoms with van der Waals surface area (Å²) < 4.78 is 11.8. The summed E-state index contributed by atoms with van der Waals surface area (Å²) in [5, 5.41) is 0. The Morgan fingerprint density at radius 3 is 2.78 bits per heavy atom. The van der Waals surface area contributed by atoms with Gasteiger partial charge in [0.2, 0.25) is 0 Å². The van der Waals surface area contributed by atoms with Gasteiger partial charge in [-0.05, 0) is 25.5 Å². The summed E-state index contributed by atoms with van der Waals surface area (Å²) in [6, 6.07) is 1.58. The smallest absolute Gasteiger partial charge is 0.343 e. The fourth-order valence-electron chi connectivity index (χ4n) is 2.18. The van der Waals surface area contributed by atoms with E-state index in [0.29, 0.717) is 13.0 Å². The lowest BCUT2D eigenvalue weighted by Crippen LogP contribution is -2.38. The van der Waals surface area contributed by atoms with E-state index < -0.39 is 5.97 Å². The molecule has 1 aromatic rings. The average Bonchev–Trinajstić information content (AvgIpc) is 2.33. The number of aromatic nitrogens is 1. The molecule has 1 aromatic heterocycles. The molecule has 1 aliphatic heterocycles. The summed E-state index contributed by atoms with van der Waals surface area (Å²) in [6.45, 7) is 4.36. The highest BCUT2D eigenvalue weighted by atomic mass is 16.5. The highest BCUT2D eigenvalue weighted by Gasteiger charge is 2.29. The summed E-state index contributed by atoms with van der Waals surface area (Å²) in [5.74, 6) is -0.608. The molecule has 98 valence electrons. The maximum absolute atomic E-state index is 12.1. The number of hydrogen-bond acceptors (Lipinski definition) is 4. The molecule has 0 unspecified atom stereocenters. The van der Waals surface area contributed by atoms with Crippen LogP contribution in [0.4, 0.5) is 0 Å². The monoisotopic (exact) mass is 251 g/mol. The van der Waals surface area contributed by atoms with Gasteiger partial charge in [0, 0.05) is 19.2 Å². The van der Waals surface area contributed by atoms with E-state index in [4.69, 9.17) is 4.74 Å². The predicted molar refractivity (Wildman–Crippen MR) is 65.6 cm³/mol. The van der Waals surface area contributed by atoms with Crippen LogP contribution >= 0.6 is 0 Å². The van der Waals surface area contributed by atoms with Crippen LogP contribution < -0.4 is 5.56 Å². The lowest BCUT2D eigenvalue weighted by Gasteiger charge is -2.32. The van der Waals surface area contributed by atoms with E-state index in [9.17, 15) is 9.59 Å². The van der Waals surface area contributed by atoms with Gasteiger partial charge < -0.3 is 14.0 Å². The average molecular weight is 251 g/mol. The first-order valence-electron chi connectivity index (χ1n) is 5.80. The number of esters is 1. The number of methoxy groups -OCH3 is 1. The van der Waals surface area contributed by atoms with Gasteiger partial charge in [-0.25, -0.2) is 4.79 Å². The third-order valence-electron chi connectivity index (χ3n) is 3.25. The minimum Gasteiger partial charge on any atom is -0.465 e. The SMILES string of the molecule is COC(=O)c1cc2c(n(C)c1=O)CC(C)(C)OC2. The normalized spacial score (nSPS) is 17.1. The van der Waals surface area contributed by atoms with Crippen LogP contribution in [0.1, 0.15) is 35.5 Å². The Kier molecular flexibility index (Phi) is 3.02. The number of carbonyl (C=O) groups excluding carboxylic acids is 1. The van der Waals surface area contributed by atoms with Crippen LogP contribution in [0.2, 0.25) is 0 Å². The topological polar surface area (TPSA) is 57.5 Å². The summed E-state index contributed by atoms with van der Waals surface area (Å²) in [7, 11) is 2.94. The van der Waals surface area contributed by atoms with E-state index in [1.54, 1.807) is 13.1 Å². The fourth-order valence-corrected chi connectivity index (χ4v) is 2.18. The number of fused-ring (bicyclic) bond motifs is 1. The van der Waals surface area contributed by atoms with Crippen molar-refractivity contribution in [3.8, 4) is 0 Å². The second-order valence-corrected chi connectivity index (χ2v) is 5.11. The van der Waals surface area contributed by atoms with Crippen LogP contribution in [-0.4, -0.2) is 23.2 Å². The van der Waals surface area contributed by atoms with Gasteiger partial charge in [-0.1, -0.05) is 0 Å². The highest BCUT2D eigenvalue weighted by Crippen LogP contribution is 2.26. The molecule has 0 atom stereocenters. The minimum atomic E-state index is -0.608. The Bertz CT molecular complexity index is 557. The predicted octanol–water partition coefficient (Wildman–Crippen LogP) is 1.02. The van der Waals surface area contributed by atoms with Crippen molar-refractivity contribution in [3.05, 3.63) is 33.2 Å². The lowest BCUT2D eigenvalue weighted by molar-refractivity contribution is -0.0423.